The maximum absolute atomic E-state index is 12.2. The SMILES string of the molecule is CC1=[C-]C(C)(C)C(C)=C1C.O=C(O)c1ccc(F)cc1.[Cl-].[Cl-].[Ti+3]. The molecule has 23 heavy (non-hydrogen) atoms. The average molecular weight is 394 g/mol. The zero-order valence-electron chi connectivity index (χ0n) is 13.8. The van der Waals surface area contributed by atoms with Gasteiger partial charge in [0.15, 0.2) is 0 Å². The van der Waals surface area contributed by atoms with Crippen molar-refractivity contribution in [1.82, 2.24) is 0 Å². The van der Waals surface area contributed by atoms with E-state index in [9.17, 15) is 9.18 Å². The van der Waals surface area contributed by atoms with Crippen LogP contribution in [0.5, 0.6) is 0 Å². The van der Waals surface area contributed by atoms with Gasteiger partial charge < -0.3 is 29.9 Å². The standard InChI is InChI=1S/C10H15.C7H5FO2.2ClH.Ti/c1-7-6-10(4,5)9(3)8(7)2;8-6-3-1-5(2-4-6)7(9)10;;;/h1-5H3;1-4H,(H,9,10);2*1H;/q-1;;;;+3/p-2. The molecule has 0 aromatic heterocycles. The number of halogens is 3. The Bertz CT molecular complexity index is 579. The minimum Gasteiger partial charge on any atom is -1.00 e. The van der Waals surface area contributed by atoms with Crippen molar-refractivity contribution in [3.63, 3.8) is 0 Å². The van der Waals surface area contributed by atoms with Crippen molar-refractivity contribution in [2.24, 2.45) is 5.41 Å². The summed E-state index contributed by atoms with van der Waals surface area (Å²) < 4.78 is 12.2. The third-order valence-electron chi connectivity index (χ3n) is 3.65. The number of allylic oxidation sites excluding steroid dienone is 4. The quantitative estimate of drug-likeness (QED) is 0.472. The van der Waals surface area contributed by atoms with Crippen LogP contribution in [0.4, 0.5) is 4.39 Å². The Morgan fingerprint density at radius 1 is 1.09 bits per heavy atom. The first-order valence-corrected chi connectivity index (χ1v) is 6.44. The fourth-order valence-electron chi connectivity index (χ4n) is 2.00. The number of hydrogen-bond acceptors (Lipinski definition) is 1. The van der Waals surface area contributed by atoms with Crippen molar-refractivity contribution in [3.05, 3.63) is 58.4 Å². The van der Waals surface area contributed by atoms with Crippen LogP contribution in [-0.4, -0.2) is 11.1 Å². The van der Waals surface area contributed by atoms with Crippen molar-refractivity contribution >= 4 is 5.97 Å². The van der Waals surface area contributed by atoms with Crippen molar-refractivity contribution in [1.29, 1.82) is 0 Å². The molecule has 1 aliphatic rings. The van der Waals surface area contributed by atoms with E-state index in [1.807, 2.05) is 0 Å². The maximum atomic E-state index is 12.2. The maximum Gasteiger partial charge on any atom is 3.00 e. The van der Waals surface area contributed by atoms with Gasteiger partial charge in [0.2, 0.25) is 0 Å². The van der Waals surface area contributed by atoms with Gasteiger partial charge >= 0.3 is 27.7 Å². The fourth-order valence-corrected chi connectivity index (χ4v) is 2.00. The summed E-state index contributed by atoms with van der Waals surface area (Å²) in [5.41, 5.74) is 4.49. The molecule has 0 fully saturated rings. The molecule has 0 unspecified atom stereocenters. The first-order chi connectivity index (χ1) is 9.15. The Labute approximate surface area is 165 Å². The summed E-state index contributed by atoms with van der Waals surface area (Å²) in [6.07, 6.45) is 3.44. The molecule has 1 N–H and O–H groups in total. The topological polar surface area (TPSA) is 37.3 Å². The molecule has 0 atom stereocenters. The van der Waals surface area contributed by atoms with Gasteiger partial charge in [-0.15, -0.1) is 6.92 Å². The van der Waals surface area contributed by atoms with E-state index < -0.39 is 11.8 Å². The third kappa shape index (κ3) is 7.67. The third-order valence-corrected chi connectivity index (χ3v) is 3.65. The minimum atomic E-state index is -1.04. The predicted octanol–water partition coefficient (Wildman–Crippen LogP) is -1.36. The summed E-state index contributed by atoms with van der Waals surface area (Å²) in [4.78, 5) is 10.2. The molecule has 2 nitrogen and oxygen atoms in total. The summed E-state index contributed by atoms with van der Waals surface area (Å²) >= 11 is 0. The van der Waals surface area contributed by atoms with E-state index in [4.69, 9.17) is 5.11 Å². The second-order valence-electron chi connectivity index (χ2n) is 5.44. The number of rotatable bonds is 1. The molecule has 0 saturated carbocycles. The van der Waals surface area contributed by atoms with Crippen LogP contribution in [0.1, 0.15) is 45.0 Å². The Hall–Kier alpha value is -0.606. The Kier molecular flexibility index (Phi) is 13.1. The largest absolute Gasteiger partial charge is 3.00 e. The van der Waals surface area contributed by atoms with Crippen LogP contribution in [0.15, 0.2) is 41.0 Å². The normalized spacial score (nSPS) is 14.3. The molecule has 6 heteroatoms. The Morgan fingerprint density at radius 2 is 1.52 bits per heavy atom. The van der Waals surface area contributed by atoms with E-state index >= 15 is 0 Å². The number of carbonyl (C=O) groups is 1. The smallest absolute Gasteiger partial charge is 1.00 e. The molecule has 0 saturated heterocycles. The second-order valence-corrected chi connectivity index (χ2v) is 5.44. The average Bonchev–Trinajstić information content (AvgIpc) is 2.53. The van der Waals surface area contributed by atoms with Crippen LogP contribution in [0.3, 0.4) is 0 Å². The first-order valence-electron chi connectivity index (χ1n) is 6.44. The number of carboxylic acids is 1. The van der Waals surface area contributed by atoms with E-state index in [0.29, 0.717) is 0 Å². The van der Waals surface area contributed by atoms with Gasteiger partial charge in [-0.05, 0) is 24.3 Å². The van der Waals surface area contributed by atoms with E-state index in [0.717, 1.165) is 12.1 Å². The van der Waals surface area contributed by atoms with Gasteiger partial charge in [-0.25, -0.2) is 14.8 Å². The summed E-state index contributed by atoms with van der Waals surface area (Å²) in [5, 5.41) is 8.35. The summed E-state index contributed by atoms with van der Waals surface area (Å²) in [6.45, 7) is 10.9. The van der Waals surface area contributed by atoms with Gasteiger partial charge in [0.1, 0.15) is 5.82 Å². The molecule has 1 radical (unpaired) electrons. The molecule has 0 heterocycles. The molecule has 0 aliphatic heterocycles. The van der Waals surface area contributed by atoms with Crippen LogP contribution in [0.25, 0.3) is 0 Å². The van der Waals surface area contributed by atoms with Crippen molar-refractivity contribution in [2.45, 2.75) is 34.6 Å². The first kappa shape index (κ1) is 27.3. The molecule has 2 rings (SSSR count). The van der Waals surface area contributed by atoms with E-state index in [1.165, 1.54) is 28.9 Å². The van der Waals surface area contributed by atoms with Gasteiger partial charge in [0.05, 0.1) is 5.56 Å². The Balaban J connectivity index is -0.000000308. The van der Waals surface area contributed by atoms with Crippen molar-refractivity contribution < 1.29 is 60.8 Å². The number of aromatic carboxylic acids is 1. The van der Waals surface area contributed by atoms with E-state index in [2.05, 4.69) is 40.7 Å². The summed E-state index contributed by atoms with van der Waals surface area (Å²) in [5.74, 6) is -1.47. The molecular formula is C17H20Cl2FO2Ti. The number of hydrogen-bond donors (Lipinski definition) is 1. The minimum absolute atomic E-state index is 0. The van der Waals surface area contributed by atoms with Gasteiger partial charge in [-0.3, -0.25) is 6.08 Å². The number of carboxylic acid groups (broad SMARTS) is 1. The Morgan fingerprint density at radius 3 is 1.74 bits per heavy atom. The van der Waals surface area contributed by atoms with Gasteiger partial charge in [-0.2, -0.15) is 11.1 Å². The molecule has 125 valence electrons. The molecule has 0 bridgehead atoms. The molecular weight excluding hydrogens is 374 g/mol. The summed E-state index contributed by atoms with van der Waals surface area (Å²) in [6, 6.07) is 4.67. The van der Waals surface area contributed by atoms with Crippen LogP contribution in [-0.2, 0) is 21.7 Å². The monoisotopic (exact) mass is 393 g/mol. The van der Waals surface area contributed by atoms with Crippen molar-refractivity contribution in [2.75, 3.05) is 0 Å². The predicted molar refractivity (Wildman–Crippen MR) is 77.9 cm³/mol. The molecule has 1 aromatic rings. The van der Waals surface area contributed by atoms with Gasteiger partial charge in [0.25, 0.3) is 0 Å². The van der Waals surface area contributed by atoms with Crippen LogP contribution < -0.4 is 24.8 Å². The molecule has 1 aromatic carbocycles. The molecule has 0 spiro atoms. The van der Waals surface area contributed by atoms with Crippen LogP contribution >= 0.6 is 0 Å². The molecule has 1 aliphatic carbocycles. The van der Waals surface area contributed by atoms with E-state index in [-0.39, 0.29) is 57.5 Å². The zero-order chi connectivity index (χ0) is 15.5. The zero-order valence-corrected chi connectivity index (χ0v) is 16.9. The second kappa shape index (κ2) is 11.0. The van der Waals surface area contributed by atoms with Crippen molar-refractivity contribution in [3.8, 4) is 0 Å². The van der Waals surface area contributed by atoms with Crippen LogP contribution in [0.2, 0.25) is 0 Å². The van der Waals surface area contributed by atoms with Crippen LogP contribution in [0, 0.1) is 17.3 Å². The summed E-state index contributed by atoms with van der Waals surface area (Å²) in [7, 11) is 0. The van der Waals surface area contributed by atoms with Gasteiger partial charge in [0, 0.05) is 0 Å². The van der Waals surface area contributed by atoms with Gasteiger partial charge in [-0.1, -0.05) is 33.1 Å². The fraction of sp³-hybridized carbons (Fsp3) is 0.353. The number of benzene rings is 1. The van der Waals surface area contributed by atoms with E-state index in [1.54, 1.807) is 0 Å². The molecule has 0 amide bonds.